The van der Waals surface area contributed by atoms with Crippen LogP contribution in [0.2, 0.25) is 0 Å². The van der Waals surface area contributed by atoms with Crippen molar-refractivity contribution in [1.82, 2.24) is 24.2 Å². The van der Waals surface area contributed by atoms with Crippen LogP contribution in [0, 0.1) is 0 Å². The number of alkyl halides is 3. The molecule has 0 N–H and O–H groups in total. The molecule has 12 heteroatoms. The monoisotopic (exact) mass is 469 g/mol. The van der Waals surface area contributed by atoms with Crippen molar-refractivity contribution in [2.24, 2.45) is 0 Å². The maximum absolute atomic E-state index is 12.9. The van der Waals surface area contributed by atoms with E-state index in [1.165, 1.54) is 4.31 Å². The first kappa shape index (κ1) is 21.5. The molecule has 5 rings (SSSR count). The summed E-state index contributed by atoms with van der Waals surface area (Å²) in [7, 11) is -3.93. The van der Waals surface area contributed by atoms with E-state index in [9.17, 15) is 21.6 Å². The Morgan fingerprint density at radius 2 is 1.81 bits per heavy atom. The zero-order valence-corrected chi connectivity index (χ0v) is 17.9. The fraction of sp³-hybridized carbons (Fsp3) is 0.550. The second-order valence-corrected chi connectivity index (χ2v) is 10.4. The first-order chi connectivity index (χ1) is 15.2. The topological polar surface area (TPSA) is 88.5 Å². The van der Waals surface area contributed by atoms with Gasteiger partial charge >= 0.3 is 6.18 Å². The minimum absolute atomic E-state index is 0.0374. The van der Waals surface area contributed by atoms with Crippen LogP contribution in [0.5, 0.6) is 5.88 Å². The lowest BCUT2D eigenvalue weighted by molar-refractivity contribution is -0.141. The van der Waals surface area contributed by atoms with E-state index in [4.69, 9.17) is 4.74 Å². The van der Waals surface area contributed by atoms with Crippen LogP contribution in [0.15, 0.2) is 35.6 Å². The van der Waals surface area contributed by atoms with E-state index >= 15 is 0 Å². The summed E-state index contributed by atoms with van der Waals surface area (Å²) < 4.78 is 71.3. The van der Waals surface area contributed by atoms with Gasteiger partial charge in [-0.3, -0.25) is 14.9 Å². The molecule has 0 spiro atoms. The summed E-state index contributed by atoms with van der Waals surface area (Å²) in [5.41, 5.74) is -0.134. The van der Waals surface area contributed by atoms with Gasteiger partial charge < -0.3 is 4.74 Å². The number of hydrogen-bond donors (Lipinski definition) is 0. The van der Waals surface area contributed by atoms with Gasteiger partial charge in [0.25, 0.3) is 0 Å². The lowest BCUT2D eigenvalue weighted by Crippen LogP contribution is -2.51. The van der Waals surface area contributed by atoms with Crippen molar-refractivity contribution in [1.29, 1.82) is 0 Å². The molecular formula is C20H22F3N5O3S. The molecule has 0 amide bonds. The van der Waals surface area contributed by atoms with Crippen LogP contribution in [0.1, 0.15) is 36.6 Å². The van der Waals surface area contributed by atoms with Gasteiger partial charge in [-0.1, -0.05) is 0 Å². The van der Waals surface area contributed by atoms with Crippen molar-refractivity contribution in [2.75, 3.05) is 26.2 Å². The van der Waals surface area contributed by atoms with Gasteiger partial charge in [-0.25, -0.2) is 13.4 Å². The SMILES string of the molecule is O=S(=O)(c1ccc(C(F)(F)F)nc1)N1CCN2C[C@@H](Oc3cnc(C4CC4)cn3)C[C@H]2C1. The maximum atomic E-state index is 12.9. The van der Waals surface area contributed by atoms with Crippen LogP contribution in [-0.2, 0) is 16.2 Å². The molecule has 1 saturated carbocycles. The summed E-state index contributed by atoms with van der Waals surface area (Å²) in [4.78, 5) is 14.0. The third-order valence-corrected chi connectivity index (χ3v) is 7.98. The number of ether oxygens (including phenoxy) is 1. The molecule has 8 nitrogen and oxygen atoms in total. The molecule has 0 unspecified atom stereocenters. The molecule has 2 aliphatic heterocycles. The van der Waals surface area contributed by atoms with Crippen molar-refractivity contribution in [3.05, 3.63) is 42.1 Å². The molecule has 2 aromatic rings. The minimum Gasteiger partial charge on any atom is -0.472 e. The number of hydrogen-bond acceptors (Lipinski definition) is 7. The van der Waals surface area contributed by atoms with Gasteiger partial charge in [0.1, 0.15) is 16.7 Å². The smallest absolute Gasteiger partial charge is 0.433 e. The highest BCUT2D eigenvalue weighted by molar-refractivity contribution is 7.89. The molecule has 0 radical (unpaired) electrons. The number of fused-ring (bicyclic) bond motifs is 1. The zero-order valence-electron chi connectivity index (χ0n) is 17.1. The van der Waals surface area contributed by atoms with Crippen molar-refractivity contribution in [3.63, 3.8) is 0 Å². The third kappa shape index (κ3) is 4.30. The van der Waals surface area contributed by atoms with E-state index in [0.717, 1.165) is 30.8 Å². The average molecular weight is 469 g/mol. The van der Waals surface area contributed by atoms with Crippen LogP contribution in [0.4, 0.5) is 13.2 Å². The van der Waals surface area contributed by atoms with Gasteiger partial charge in [0, 0.05) is 50.8 Å². The first-order valence-electron chi connectivity index (χ1n) is 10.5. The molecule has 4 heterocycles. The Morgan fingerprint density at radius 1 is 1.00 bits per heavy atom. The quantitative estimate of drug-likeness (QED) is 0.664. The Balaban J connectivity index is 1.22. The summed E-state index contributed by atoms with van der Waals surface area (Å²) in [5.74, 6) is 0.976. The van der Waals surface area contributed by atoms with Crippen LogP contribution in [-0.4, -0.2) is 70.9 Å². The standard InChI is InChI=1S/C20H22F3N5O3S/c21-20(22,23)18-4-3-16(8-25-18)32(29,30)28-6-5-27-12-15(7-14(27)11-28)31-19-10-24-17(9-26-19)13-1-2-13/h3-4,8-10,13-15H,1-2,5-7,11-12H2/t14-,15-/m0/s1. The predicted molar refractivity (Wildman–Crippen MR) is 106 cm³/mol. The van der Waals surface area contributed by atoms with Gasteiger partial charge in [-0.2, -0.15) is 17.5 Å². The molecule has 0 aromatic carbocycles. The summed E-state index contributed by atoms with van der Waals surface area (Å²) in [6, 6.07) is 1.62. The number of nitrogens with zero attached hydrogens (tertiary/aromatic N) is 5. The highest BCUT2D eigenvalue weighted by Gasteiger charge is 2.41. The predicted octanol–water partition coefficient (Wildman–Crippen LogP) is 2.29. The number of sulfonamides is 1. The van der Waals surface area contributed by atoms with E-state index < -0.39 is 21.9 Å². The second-order valence-electron chi connectivity index (χ2n) is 8.42. The van der Waals surface area contributed by atoms with Crippen LogP contribution >= 0.6 is 0 Å². The van der Waals surface area contributed by atoms with Gasteiger partial charge in [0.2, 0.25) is 15.9 Å². The van der Waals surface area contributed by atoms with E-state index in [-0.39, 0.29) is 30.1 Å². The Labute approximate surface area is 183 Å². The molecule has 2 atom stereocenters. The summed E-state index contributed by atoms with van der Waals surface area (Å²) in [5, 5.41) is 0. The molecular weight excluding hydrogens is 447 g/mol. The molecule has 2 aromatic heterocycles. The first-order valence-corrected chi connectivity index (χ1v) is 11.9. The zero-order chi connectivity index (χ0) is 22.5. The fourth-order valence-electron chi connectivity index (χ4n) is 4.27. The average Bonchev–Trinajstić information content (AvgIpc) is 3.53. The van der Waals surface area contributed by atoms with Crippen LogP contribution in [0.3, 0.4) is 0 Å². The Morgan fingerprint density at radius 3 is 2.44 bits per heavy atom. The number of rotatable bonds is 5. The lowest BCUT2D eigenvalue weighted by atomic mass is 10.2. The van der Waals surface area contributed by atoms with Crippen LogP contribution in [0.25, 0.3) is 0 Å². The van der Waals surface area contributed by atoms with Gasteiger partial charge in [-0.05, 0) is 25.0 Å². The fourth-order valence-corrected chi connectivity index (χ4v) is 5.68. The van der Waals surface area contributed by atoms with Crippen molar-refractivity contribution >= 4 is 10.0 Å². The largest absolute Gasteiger partial charge is 0.472 e. The van der Waals surface area contributed by atoms with E-state index in [1.807, 2.05) is 0 Å². The van der Waals surface area contributed by atoms with E-state index in [1.54, 1.807) is 12.4 Å². The second kappa shape index (κ2) is 7.92. The van der Waals surface area contributed by atoms with E-state index in [0.29, 0.717) is 37.4 Å². The van der Waals surface area contributed by atoms with E-state index in [2.05, 4.69) is 19.9 Å². The highest BCUT2D eigenvalue weighted by Crippen LogP contribution is 2.38. The molecule has 1 aliphatic carbocycles. The van der Waals surface area contributed by atoms with Gasteiger partial charge in [-0.15, -0.1) is 0 Å². The maximum Gasteiger partial charge on any atom is 0.433 e. The summed E-state index contributed by atoms with van der Waals surface area (Å²) in [6.07, 6.45) is 2.34. The molecule has 172 valence electrons. The number of pyridine rings is 1. The molecule has 3 fully saturated rings. The van der Waals surface area contributed by atoms with Crippen molar-refractivity contribution < 1.29 is 26.3 Å². The summed E-state index contributed by atoms with van der Waals surface area (Å²) >= 11 is 0. The summed E-state index contributed by atoms with van der Waals surface area (Å²) in [6.45, 7) is 1.68. The van der Waals surface area contributed by atoms with Crippen LogP contribution < -0.4 is 4.74 Å². The molecule has 32 heavy (non-hydrogen) atoms. The van der Waals surface area contributed by atoms with Crippen molar-refractivity contribution in [3.8, 4) is 5.88 Å². The lowest BCUT2D eigenvalue weighted by Gasteiger charge is -2.36. The van der Waals surface area contributed by atoms with Crippen molar-refractivity contribution in [2.45, 2.75) is 48.4 Å². The molecule has 0 bridgehead atoms. The Hall–Kier alpha value is -2.31. The normalized spacial score (nSPS) is 25.0. The number of aromatic nitrogens is 3. The third-order valence-electron chi connectivity index (χ3n) is 6.14. The van der Waals surface area contributed by atoms with Gasteiger partial charge in [0.15, 0.2) is 0 Å². The highest BCUT2D eigenvalue weighted by atomic mass is 32.2. The molecule has 2 saturated heterocycles. The number of halogens is 3. The minimum atomic E-state index is -4.62. The van der Waals surface area contributed by atoms with Gasteiger partial charge in [0.05, 0.1) is 18.1 Å². The molecule has 3 aliphatic rings. The Kier molecular flexibility index (Phi) is 5.33. The Bertz CT molecular complexity index is 1080. The number of piperazine rings is 1.